The Labute approximate surface area is 182 Å². The summed E-state index contributed by atoms with van der Waals surface area (Å²) in [7, 11) is 0. The zero-order valence-corrected chi connectivity index (χ0v) is 18.1. The first-order valence-corrected chi connectivity index (χ1v) is 9.97. The Morgan fingerprint density at radius 2 is 1.68 bits per heavy atom. The largest absolute Gasteiger partial charge is 0.454 e. The minimum absolute atomic E-state index is 0.111. The third-order valence-corrected chi connectivity index (χ3v) is 4.85. The van der Waals surface area contributed by atoms with Crippen LogP contribution >= 0.6 is 0 Å². The number of aliphatic hydroxyl groups excluding tert-OH is 1. The lowest BCUT2D eigenvalue weighted by Gasteiger charge is -2.43. The highest BCUT2D eigenvalue weighted by Gasteiger charge is 2.36. The number of carbonyl (C=O) groups excluding carboxylic acids is 2. The summed E-state index contributed by atoms with van der Waals surface area (Å²) in [6.07, 6.45) is 4.21. The summed E-state index contributed by atoms with van der Waals surface area (Å²) in [4.78, 5) is 26.8. The van der Waals surface area contributed by atoms with Crippen LogP contribution in [0.5, 0.6) is 11.5 Å². The summed E-state index contributed by atoms with van der Waals surface area (Å²) >= 11 is 0. The van der Waals surface area contributed by atoms with Crippen molar-refractivity contribution in [3.8, 4) is 23.8 Å². The highest BCUT2D eigenvalue weighted by Crippen LogP contribution is 2.33. The van der Waals surface area contributed by atoms with Gasteiger partial charge in [-0.2, -0.15) is 0 Å². The molecule has 1 atom stereocenters. The van der Waals surface area contributed by atoms with Gasteiger partial charge in [-0.3, -0.25) is 9.59 Å². The fourth-order valence-corrected chi connectivity index (χ4v) is 3.36. The van der Waals surface area contributed by atoms with Crippen LogP contribution in [-0.2, 0) is 0 Å². The first-order chi connectivity index (χ1) is 14.7. The molecule has 0 fully saturated rings. The highest BCUT2D eigenvalue weighted by molar-refractivity contribution is 5.99. The van der Waals surface area contributed by atoms with E-state index in [-0.39, 0.29) is 25.2 Å². The van der Waals surface area contributed by atoms with Crippen LogP contribution in [0.2, 0.25) is 0 Å². The van der Waals surface area contributed by atoms with Crippen LogP contribution < -0.4 is 9.47 Å². The number of rotatable bonds is 4. The van der Waals surface area contributed by atoms with Gasteiger partial charge in [-0.15, -0.1) is 6.42 Å². The van der Waals surface area contributed by atoms with E-state index in [1.807, 2.05) is 20.8 Å². The molecule has 0 bridgehead atoms. The average molecular weight is 422 g/mol. The maximum absolute atomic E-state index is 13.5. The van der Waals surface area contributed by atoms with Crippen LogP contribution in [-0.4, -0.2) is 45.8 Å². The number of benzene rings is 2. The number of amides is 2. The molecule has 2 aromatic carbocycles. The second kappa shape index (κ2) is 8.70. The normalized spacial score (nSPS) is 13.3. The van der Waals surface area contributed by atoms with Crippen LogP contribution in [0.1, 0.15) is 60.1 Å². The Bertz CT molecular complexity index is 1020. The molecule has 7 nitrogen and oxygen atoms in total. The maximum Gasteiger partial charge on any atom is 0.273 e. The minimum Gasteiger partial charge on any atom is -0.454 e. The number of carbonyl (C=O) groups is 2. The molecule has 0 saturated heterocycles. The Balaban J connectivity index is 1.93. The van der Waals surface area contributed by atoms with Crippen molar-refractivity contribution in [3.05, 3.63) is 59.2 Å². The molecular weight excluding hydrogens is 396 g/mol. The SMILES string of the molecule is C#CC(O)c1ccc(C(=O)N(CC)N(C(=O)c2ccc3c(c2)OCO3)C(C)(C)C)cc1. The summed E-state index contributed by atoms with van der Waals surface area (Å²) in [6, 6.07) is 11.4. The van der Waals surface area contributed by atoms with Gasteiger partial charge in [-0.25, -0.2) is 10.0 Å². The van der Waals surface area contributed by atoms with Gasteiger partial charge in [-0.1, -0.05) is 18.1 Å². The van der Waals surface area contributed by atoms with E-state index in [4.69, 9.17) is 15.9 Å². The molecular formula is C24H26N2O5. The number of nitrogens with zero attached hydrogens (tertiary/aromatic N) is 2. The number of aliphatic hydroxyl groups is 1. The summed E-state index contributed by atoms with van der Waals surface area (Å²) in [5.74, 6) is 2.65. The maximum atomic E-state index is 13.5. The summed E-state index contributed by atoms with van der Waals surface area (Å²) in [5, 5.41) is 12.6. The number of hydrogen-bond acceptors (Lipinski definition) is 5. The van der Waals surface area contributed by atoms with Gasteiger partial charge in [0.15, 0.2) is 11.5 Å². The molecule has 7 heteroatoms. The van der Waals surface area contributed by atoms with Gasteiger partial charge in [0.1, 0.15) is 6.10 Å². The lowest BCUT2D eigenvalue weighted by molar-refractivity contribution is -0.0411. The van der Waals surface area contributed by atoms with Crippen LogP contribution in [0.25, 0.3) is 0 Å². The van der Waals surface area contributed by atoms with E-state index < -0.39 is 11.6 Å². The van der Waals surface area contributed by atoms with Crippen molar-refractivity contribution in [1.82, 2.24) is 10.0 Å². The Kier molecular flexibility index (Phi) is 6.23. The van der Waals surface area contributed by atoms with Crippen molar-refractivity contribution in [3.63, 3.8) is 0 Å². The molecule has 1 N–H and O–H groups in total. The monoisotopic (exact) mass is 422 g/mol. The molecule has 0 radical (unpaired) electrons. The van der Waals surface area contributed by atoms with Crippen molar-refractivity contribution in [2.45, 2.75) is 39.3 Å². The van der Waals surface area contributed by atoms with E-state index in [1.165, 1.54) is 10.0 Å². The molecule has 0 saturated carbocycles. The van der Waals surface area contributed by atoms with Crippen molar-refractivity contribution < 1.29 is 24.2 Å². The zero-order chi connectivity index (χ0) is 22.8. The summed E-state index contributed by atoms with van der Waals surface area (Å²) in [5.41, 5.74) is 0.602. The van der Waals surface area contributed by atoms with Gasteiger partial charge in [0.2, 0.25) is 6.79 Å². The predicted octanol–water partition coefficient (Wildman–Crippen LogP) is 3.40. The van der Waals surface area contributed by atoms with E-state index >= 15 is 0 Å². The van der Waals surface area contributed by atoms with E-state index in [9.17, 15) is 14.7 Å². The van der Waals surface area contributed by atoms with Crippen LogP contribution in [0, 0.1) is 12.3 Å². The summed E-state index contributed by atoms with van der Waals surface area (Å²) < 4.78 is 10.7. The topological polar surface area (TPSA) is 79.3 Å². The van der Waals surface area contributed by atoms with Crippen molar-refractivity contribution >= 4 is 11.8 Å². The zero-order valence-electron chi connectivity index (χ0n) is 18.1. The highest BCUT2D eigenvalue weighted by atomic mass is 16.7. The molecule has 2 aromatic rings. The van der Waals surface area contributed by atoms with Crippen LogP contribution in [0.4, 0.5) is 0 Å². The smallest absolute Gasteiger partial charge is 0.273 e. The molecule has 31 heavy (non-hydrogen) atoms. The molecule has 162 valence electrons. The molecule has 1 aliphatic heterocycles. The molecule has 2 amide bonds. The first-order valence-electron chi connectivity index (χ1n) is 9.97. The van der Waals surface area contributed by atoms with Gasteiger partial charge in [-0.05, 0) is 63.6 Å². The minimum atomic E-state index is -1.04. The third kappa shape index (κ3) is 4.49. The fourth-order valence-electron chi connectivity index (χ4n) is 3.36. The second-order valence-corrected chi connectivity index (χ2v) is 8.07. The van der Waals surface area contributed by atoms with Crippen LogP contribution in [0.3, 0.4) is 0 Å². The number of fused-ring (bicyclic) bond motifs is 1. The van der Waals surface area contributed by atoms with E-state index in [2.05, 4.69) is 5.92 Å². The van der Waals surface area contributed by atoms with Gasteiger partial charge in [0.25, 0.3) is 11.8 Å². The number of ether oxygens (including phenoxy) is 2. The lowest BCUT2D eigenvalue weighted by Crippen LogP contribution is -2.58. The first kappa shape index (κ1) is 22.2. The van der Waals surface area contributed by atoms with Crippen molar-refractivity contribution in [2.24, 2.45) is 0 Å². The number of terminal acetylenes is 1. The standard InChI is InChI=1S/C24H26N2O5/c1-6-19(27)16-8-10-17(11-9-16)22(28)25(7-2)26(24(3,4)5)23(29)18-12-13-20-21(14-18)31-15-30-20/h1,8-14,19,27H,7,15H2,2-5H3. The van der Waals surface area contributed by atoms with E-state index in [0.717, 1.165) is 0 Å². The number of hydrogen-bond donors (Lipinski definition) is 1. The molecule has 0 spiro atoms. The van der Waals surface area contributed by atoms with Gasteiger partial charge >= 0.3 is 0 Å². The Morgan fingerprint density at radius 1 is 1.06 bits per heavy atom. The fraction of sp³-hybridized carbons (Fsp3) is 0.333. The molecule has 1 aliphatic rings. The Morgan fingerprint density at radius 3 is 2.26 bits per heavy atom. The van der Waals surface area contributed by atoms with Crippen molar-refractivity contribution in [1.29, 1.82) is 0 Å². The predicted molar refractivity (Wildman–Crippen MR) is 115 cm³/mol. The van der Waals surface area contributed by atoms with Gasteiger partial charge in [0.05, 0.1) is 5.54 Å². The summed E-state index contributed by atoms with van der Waals surface area (Å²) in [6.45, 7) is 7.78. The van der Waals surface area contributed by atoms with Gasteiger partial charge in [0, 0.05) is 17.7 Å². The van der Waals surface area contributed by atoms with Gasteiger partial charge < -0.3 is 14.6 Å². The van der Waals surface area contributed by atoms with Crippen molar-refractivity contribution in [2.75, 3.05) is 13.3 Å². The average Bonchev–Trinajstić information content (AvgIpc) is 3.23. The molecule has 0 aromatic heterocycles. The van der Waals surface area contributed by atoms with Crippen LogP contribution in [0.15, 0.2) is 42.5 Å². The molecule has 1 unspecified atom stereocenters. The molecule has 0 aliphatic carbocycles. The quantitative estimate of drug-likeness (QED) is 0.604. The third-order valence-electron chi connectivity index (χ3n) is 4.85. The van der Waals surface area contributed by atoms with E-state index in [0.29, 0.717) is 28.2 Å². The second-order valence-electron chi connectivity index (χ2n) is 8.07. The molecule has 1 heterocycles. The molecule has 3 rings (SSSR count). The Hall–Kier alpha value is -3.50. The lowest BCUT2D eigenvalue weighted by atomic mass is 10.0. The van der Waals surface area contributed by atoms with E-state index in [1.54, 1.807) is 49.4 Å². The number of hydrazine groups is 1.